The van der Waals surface area contributed by atoms with E-state index in [4.69, 9.17) is 4.52 Å². The van der Waals surface area contributed by atoms with Gasteiger partial charge in [-0.3, -0.25) is 4.79 Å². The third-order valence-corrected chi connectivity index (χ3v) is 3.95. The molecular weight excluding hydrogens is 274 g/mol. The summed E-state index contributed by atoms with van der Waals surface area (Å²) < 4.78 is 4.97. The van der Waals surface area contributed by atoms with Crippen molar-refractivity contribution in [1.29, 1.82) is 0 Å². The second-order valence-corrected chi connectivity index (χ2v) is 6.16. The average Bonchev–Trinajstić information content (AvgIpc) is 2.79. The lowest BCUT2D eigenvalue weighted by Gasteiger charge is -2.44. The number of carboxylic acid groups (broad SMARTS) is 1. The second-order valence-electron chi connectivity index (χ2n) is 6.16. The number of hydrogen-bond donors (Lipinski definition) is 1. The number of piperidine rings is 1. The van der Waals surface area contributed by atoms with Gasteiger partial charge in [0, 0.05) is 19.4 Å². The molecule has 2 heterocycles. The molecule has 116 valence electrons. The first-order valence-corrected chi connectivity index (χ1v) is 7.13. The fourth-order valence-electron chi connectivity index (χ4n) is 2.93. The van der Waals surface area contributed by atoms with Crippen molar-refractivity contribution in [3.63, 3.8) is 0 Å². The molecule has 1 N–H and O–H groups in total. The lowest BCUT2D eigenvalue weighted by atomic mass is 9.76. The Morgan fingerprint density at radius 2 is 2.19 bits per heavy atom. The fourth-order valence-corrected chi connectivity index (χ4v) is 2.93. The second kappa shape index (κ2) is 5.83. The highest BCUT2D eigenvalue weighted by atomic mass is 16.5. The van der Waals surface area contributed by atoms with E-state index in [9.17, 15) is 14.7 Å². The van der Waals surface area contributed by atoms with Crippen molar-refractivity contribution >= 4 is 11.9 Å². The Morgan fingerprint density at radius 3 is 2.76 bits per heavy atom. The molecule has 1 aromatic heterocycles. The summed E-state index contributed by atoms with van der Waals surface area (Å²) in [6.07, 6.45) is 2.14. The van der Waals surface area contributed by atoms with Crippen molar-refractivity contribution in [3.05, 3.63) is 11.7 Å². The van der Waals surface area contributed by atoms with Gasteiger partial charge in [-0.15, -0.1) is 0 Å². The van der Waals surface area contributed by atoms with E-state index in [1.807, 2.05) is 13.8 Å². The molecule has 21 heavy (non-hydrogen) atoms. The number of aliphatic carboxylic acids is 1. The largest absolute Gasteiger partial charge is 0.480 e. The Labute approximate surface area is 123 Å². The summed E-state index contributed by atoms with van der Waals surface area (Å²) in [4.78, 5) is 29.4. The maximum absolute atomic E-state index is 12.4. The van der Waals surface area contributed by atoms with Gasteiger partial charge in [-0.2, -0.15) is 4.98 Å². The molecule has 1 atom stereocenters. The number of carbonyl (C=O) groups is 2. The minimum absolute atomic E-state index is 0.175. The quantitative estimate of drug-likeness (QED) is 0.902. The third-order valence-electron chi connectivity index (χ3n) is 3.95. The molecule has 1 aliphatic heterocycles. The molecule has 7 heteroatoms. The summed E-state index contributed by atoms with van der Waals surface area (Å²) in [7, 11) is 0. The first-order valence-electron chi connectivity index (χ1n) is 7.13. The van der Waals surface area contributed by atoms with Gasteiger partial charge in [0.15, 0.2) is 5.82 Å². The van der Waals surface area contributed by atoms with Gasteiger partial charge in [0.2, 0.25) is 11.8 Å². The fraction of sp³-hybridized carbons (Fsp3) is 0.714. The number of amides is 1. The normalized spacial score (nSPS) is 21.3. The van der Waals surface area contributed by atoms with Crippen LogP contribution in [-0.2, 0) is 16.0 Å². The van der Waals surface area contributed by atoms with Gasteiger partial charge in [0.05, 0.1) is 0 Å². The van der Waals surface area contributed by atoms with E-state index in [2.05, 4.69) is 10.1 Å². The number of carboxylic acids is 1. The topological polar surface area (TPSA) is 96.5 Å². The van der Waals surface area contributed by atoms with E-state index in [0.29, 0.717) is 24.7 Å². The molecule has 0 spiro atoms. The van der Waals surface area contributed by atoms with Gasteiger partial charge in [-0.25, -0.2) is 4.79 Å². The Hall–Kier alpha value is -1.92. The maximum atomic E-state index is 12.4. The molecule has 0 bridgehead atoms. The van der Waals surface area contributed by atoms with Gasteiger partial charge in [0.25, 0.3) is 0 Å². The van der Waals surface area contributed by atoms with Crippen molar-refractivity contribution in [2.75, 3.05) is 6.54 Å². The van der Waals surface area contributed by atoms with Gasteiger partial charge in [-0.05, 0) is 25.2 Å². The van der Waals surface area contributed by atoms with Crippen LogP contribution in [0.2, 0.25) is 0 Å². The molecule has 2 rings (SSSR count). The summed E-state index contributed by atoms with van der Waals surface area (Å²) >= 11 is 0. The Kier molecular flexibility index (Phi) is 4.29. The molecule has 1 amide bonds. The van der Waals surface area contributed by atoms with Crippen LogP contribution in [0.25, 0.3) is 0 Å². The SMILES string of the molecule is Cc1noc(CCC(=O)N2CCCC(C)(C)C2C(=O)O)n1. The van der Waals surface area contributed by atoms with E-state index >= 15 is 0 Å². The number of aromatic nitrogens is 2. The number of aryl methyl sites for hydroxylation is 2. The zero-order chi connectivity index (χ0) is 15.6. The molecular formula is C14H21N3O4. The van der Waals surface area contributed by atoms with Crippen LogP contribution in [0.15, 0.2) is 4.52 Å². The van der Waals surface area contributed by atoms with E-state index in [1.165, 1.54) is 4.90 Å². The van der Waals surface area contributed by atoms with Crippen LogP contribution in [0, 0.1) is 12.3 Å². The summed E-state index contributed by atoms with van der Waals surface area (Å²) in [5.74, 6) is -0.184. The van der Waals surface area contributed by atoms with Crippen LogP contribution >= 0.6 is 0 Å². The van der Waals surface area contributed by atoms with Crippen LogP contribution in [0.1, 0.15) is 44.8 Å². The average molecular weight is 295 g/mol. The predicted octanol–water partition coefficient (Wildman–Crippen LogP) is 1.41. The van der Waals surface area contributed by atoms with Gasteiger partial charge >= 0.3 is 5.97 Å². The molecule has 1 fully saturated rings. The summed E-state index contributed by atoms with van der Waals surface area (Å²) in [5.41, 5.74) is -0.416. The van der Waals surface area contributed by atoms with Crippen LogP contribution in [0.3, 0.4) is 0 Å². The zero-order valence-corrected chi connectivity index (χ0v) is 12.6. The molecule has 1 aromatic rings. The number of rotatable bonds is 4. The highest BCUT2D eigenvalue weighted by Gasteiger charge is 2.44. The van der Waals surface area contributed by atoms with E-state index in [1.54, 1.807) is 6.92 Å². The van der Waals surface area contributed by atoms with Crippen molar-refractivity contribution in [2.45, 2.75) is 52.5 Å². The number of likely N-dealkylation sites (tertiary alicyclic amines) is 1. The van der Waals surface area contributed by atoms with Crippen molar-refractivity contribution < 1.29 is 19.2 Å². The monoisotopic (exact) mass is 295 g/mol. The molecule has 0 aliphatic carbocycles. The van der Waals surface area contributed by atoms with Crippen molar-refractivity contribution in [1.82, 2.24) is 15.0 Å². The highest BCUT2D eigenvalue weighted by molar-refractivity contribution is 5.84. The summed E-state index contributed by atoms with van der Waals surface area (Å²) in [6.45, 7) is 5.99. The van der Waals surface area contributed by atoms with Crippen molar-refractivity contribution in [3.8, 4) is 0 Å². The number of carbonyl (C=O) groups excluding carboxylic acids is 1. The van der Waals surface area contributed by atoms with Crippen molar-refractivity contribution in [2.24, 2.45) is 5.41 Å². The number of nitrogens with zero attached hydrogens (tertiary/aromatic N) is 3. The van der Waals surface area contributed by atoms with Gasteiger partial charge < -0.3 is 14.5 Å². The lowest BCUT2D eigenvalue weighted by molar-refractivity contribution is -0.158. The molecule has 0 saturated carbocycles. The van der Waals surface area contributed by atoms with E-state index < -0.39 is 17.4 Å². The lowest BCUT2D eigenvalue weighted by Crippen LogP contribution is -2.56. The van der Waals surface area contributed by atoms with Crippen LogP contribution in [0.4, 0.5) is 0 Å². The minimum Gasteiger partial charge on any atom is -0.480 e. The van der Waals surface area contributed by atoms with Crippen LogP contribution in [0.5, 0.6) is 0 Å². The van der Waals surface area contributed by atoms with E-state index in [0.717, 1.165) is 12.8 Å². The third kappa shape index (κ3) is 3.40. The minimum atomic E-state index is -0.943. The molecule has 0 aromatic carbocycles. The molecule has 1 saturated heterocycles. The molecule has 7 nitrogen and oxygen atoms in total. The Balaban J connectivity index is 2.04. The highest BCUT2D eigenvalue weighted by Crippen LogP contribution is 2.35. The standard InChI is InChI=1S/C14H21N3O4/c1-9-15-10(21-16-9)5-6-11(18)17-8-4-7-14(2,3)12(17)13(19)20/h12H,4-8H2,1-3H3,(H,19,20). The van der Waals surface area contributed by atoms with E-state index in [-0.39, 0.29) is 12.3 Å². The van der Waals surface area contributed by atoms with Gasteiger partial charge in [-0.1, -0.05) is 19.0 Å². The maximum Gasteiger partial charge on any atom is 0.326 e. The van der Waals surface area contributed by atoms with Crippen LogP contribution < -0.4 is 0 Å². The smallest absolute Gasteiger partial charge is 0.326 e. The molecule has 1 unspecified atom stereocenters. The molecule has 1 aliphatic rings. The van der Waals surface area contributed by atoms with Crippen LogP contribution in [-0.4, -0.2) is 44.6 Å². The first kappa shape index (κ1) is 15.5. The molecule has 0 radical (unpaired) electrons. The zero-order valence-electron chi connectivity index (χ0n) is 12.6. The predicted molar refractivity (Wildman–Crippen MR) is 73.5 cm³/mol. The Bertz CT molecular complexity index is 538. The first-order chi connectivity index (χ1) is 9.81. The summed E-state index contributed by atoms with van der Waals surface area (Å²) in [5, 5.41) is 13.1. The summed E-state index contributed by atoms with van der Waals surface area (Å²) in [6, 6.07) is -0.775. The number of hydrogen-bond acceptors (Lipinski definition) is 5. The Morgan fingerprint density at radius 1 is 1.48 bits per heavy atom. The van der Waals surface area contributed by atoms with Gasteiger partial charge in [0.1, 0.15) is 6.04 Å².